The van der Waals surface area contributed by atoms with Crippen LogP contribution in [0.25, 0.3) is 11.0 Å². The van der Waals surface area contributed by atoms with E-state index in [-0.39, 0.29) is 11.7 Å². The average molecular weight is 373 g/mol. The van der Waals surface area contributed by atoms with Gasteiger partial charge in [0.1, 0.15) is 11.4 Å². The second-order valence-corrected chi connectivity index (χ2v) is 6.12. The number of aromatic nitrogens is 2. The zero-order valence-corrected chi connectivity index (χ0v) is 14.1. The number of hydrogen-bond donors (Lipinski definition) is 4. The Morgan fingerprint density at radius 2 is 2.08 bits per heavy atom. The van der Waals surface area contributed by atoms with Gasteiger partial charge in [0.15, 0.2) is 23.2 Å². The van der Waals surface area contributed by atoms with Gasteiger partial charge in [-0.05, 0) is 24.3 Å². The van der Waals surface area contributed by atoms with Crippen LogP contribution in [0.15, 0.2) is 53.9 Å². The molecule has 0 bridgehead atoms. The van der Waals surface area contributed by atoms with E-state index in [1.807, 2.05) is 0 Å². The number of fused-ring (bicyclic) bond motifs is 1. The van der Waals surface area contributed by atoms with Crippen molar-refractivity contribution in [2.75, 3.05) is 0 Å². The van der Waals surface area contributed by atoms with E-state index >= 15 is 0 Å². The third-order valence-corrected chi connectivity index (χ3v) is 4.27. The number of rotatable bonds is 3. The van der Waals surface area contributed by atoms with E-state index in [0.29, 0.717) is 27.4 Å². The number of nitrogens with two attached hydrogens (primary N) is 2. The molecule has 1 aromatic carbocycles. The lowest BCUT2D eigenvalue weighted by atomic mass is 10.00. The summed E-state index contributed by atoms with van der Waals surface area (Å²) in [5.41, 5.74) is 11.6. The van der Waals surface area contributed by atoms with Gasteiger partial charge < -0.3 is 20.8 Å². The van der Waals surface area contributed by atoms with Crippen LogP contribution in [-0.4, -0.2) is 15.9 Å². The van der Waals surface area contributed by atoms with E-state index in [9.17, 15) is 4.39 Å². The third-order valence-electron chi connectivity index (χ3n) is 3.98. The summed E-state index contributed by atoms with van der Waals surface area (Å²) in [6, 6.07) is 5.98. The maximum atomic E-state index is 14.6. The molecular weight excluding hydrogens is 359 g/mol. The van der Waals surface area contributed by atoms with E-state index in [4.69, 9.17) is 27.8 Å². The molecule has 0 saturated carbocycles. The van der Waals surface area contributed by atoms with E-state index in [0.717, 1.165) is 0 Å². The van der Waals surface area contributed by atoms with E-state index < -0.39 is 11.5 Å². The van der Waals surface area contributed by atoms with Crippen LogP contribution in [0.3, 0.4) is 0 Å². The number of H-pyrrole nitrogens is 1. The molecule has 0 amide bonds. The summed E-state index contributed by atoms with van der Waals surface area (Å²) < 4.78 is 20.3. The predicted molar refractivity (Wildman–Crippen MR) is 97.3 cm³/mol. The molecule has 1 aliphatic rings. The molecule has 3 aromatic rings. The van der Waals surface area contributed by atoms with Gasteiger partial charge in [-0.15, -0.1) is 0 Å². The lowest BCUT2D eigenvalue weighted by molar-refractivity contribution is 0.443. The lowest BCUT2D eigenvalue weighted by Crippen LogP contribution is -2.42. The van der Waals surface area contributed by atoms with Gasteiger partial charge in [-0.1, -0.05) is 17.7 Å². The first-order valence-electron chi connectivity index (χ1n) is 7.64. The van der Waals surface area contributed by atoms with Crippen molar-refractivity contribution >= 4 is 28.6 Å². The number of pyridine rings is 1. The van der Waals surface area contributed by atoms with Gasteiger partial charge in [-0.3, -0.25) is 5.73 Å². The van der Waals surface area contributed by atoms with Crippen LogP contribution in [0.5, 0.6) is 11.5 Å². The summed E-state index contributed by atoms with van der Waals surface area (Å²) in [6.07, 6.45) is 6.29. The molecule has 9 heteroatoms. The number of hydrogen-bond acceptors (Lipinski definition) is 6. The molecule has 1 atom stereocenters. The minimum Gasteiger partial charge on any atom is -0.453 e. The fourth-order valence-electron chi connectivity index (χ4n) is 2.71. The Balaban J connectivity index is 1.70. The molecule has 3 heterocycles. The normalized spacial score (nSPS) is 19.3. The minimum atomic E-state index is -1.25. The number of nitrogens with one attached hydrogen (secondary N) is 2. The first-order valence-corrected chi connectivity index (χ1v) is 8.02. The Hall–Kier alpha value is -3.10. The quantitative estimate of drug-likeness (QED) is 0.564. The van der Waals surface area contributed by atoms with Crippen molar-refractivity contribution in [1.29, 1.82) is 0 Å². The van der Waals surface area contributed by atoms with Gasteiger partial charge in [-0.25, -0.2) is 14.4 Å². The van der Waals surface area contributed by atoms with Crippen LogP contribution in [0, 0.1) is 5.82 Å². The van der Waals surface area contributed by atoms with Gasteiger partial charge in [0, 0.05) is 24.2 Å². The molecule has 7 nitrogen and oxygen atoms in total. The third kappa shape index (κ3) is 2.75. The molecule has 2 aromatic heterocycles. The zero-order chi connectivity index (χ0) is 18.3. The van der Waals surface area contributed by atoms with Gasteiger partial charge in [-0.2, -0.15) is 0 Å². The average Bonchev–Trinajstić information content (AvgIpc) is 2.99. The maximum Gasteiger partial charge on any atom is 0.195 e. The summed E-state index contributed by atoms with van der Waals surface area (Å²) in [4.78, 5) is 11.2. The molecular formula is C17H14ClFN6O. The highest BCUT2D eigenvalue weighted by Gasteiger charge is 2.27. The van der Waals surface area contributed by atoms with Crippen molar-refractivity contribution in [1.82, 2.24) is 15.3 Å². The zero-order valence-electron chi connectivity index (χ0n) is 13.3. The van der Waals surface area contributed by atoms with Crippen molar-refractivity contribution in [2.24, 2.45) is 16.5 Å². The summed E-state index contributed by atoms with van der Waals surface area (Å²) in [6.45, 7) is 0. The number of aliphatic imine (C=N–C) groups is 1. The van der Waals surface area contributed by atoms with E-state index in [1.165, 1.54) is 12.1 Å². The Bertz CT molecular complexity index is 1060. The standard InChI is InChI=1S/C17H14ClFN6O/c18-10-8-24-15-14(10)13(3-5-22-15)26-12-2-1-9(7-11(12)19)17(21)4-6-23-16(20)25-17/h1-8H,21H2,(H,22,24)(H3,20,23,25). The molecule has 0 saturated heterocycles. The molecule has 6 N–H and O–H groups in total. The second kappa shape index (κ2) is 6.01. The fraction of sp³-hybridized carbons (Fsp3) is 0.0588. The van der Waals surface area contributed by atoms with Crippen molar-refractivity contribution in [3.63, 3.8) is 0 Å². The predicted octanol–water partition coefficient (Wildman–Crippen LogP) is 2.69. The van der Waals surface area contributed by atoms with Crippen molar-refractivity contribution < 1.29 is 9.13 Å². The Morgan fingerprint density at radius 1 is 1.23 bits per heavy atom. The number of aromatic amines is 1. The lowest BCUT2D eigenvalue weighted by Gasteiger charge is -2.25. The first-order chi connectivity index (χ1) is 12.5. The van der Waals surface area contributed by atoms with Crippen LogP contribution in [0.1, 0.15) is 5.56 Å². The van der Waals surface area contributed by atoms with Gasteiger partial charge >= 0.3 is 0 Å². The molecule has 0 spiro atoms. The molecule has 26 heavy (non-hydrogen) atoms. The van der Waals surface area contributed by atoms with Crippen LogP contribution in [0.4, 0.5) is 4.39 Å². The minimum absolute atomic E-state index is 0.0250. The summed E-state index contributed by atoms with van der Waals surface area (Å²) in [5, 5.41) is 3.72. The highest BCUT2D eigenvalue weighted by atomic mass is 35.5. The number of ether oxygens (including phenoxy) is 1. The summed E-state index contributed by atoms with van der Waals surface area (Å²) >= 11 is 6.14. The SMILES string of the molecule is NC1=NC(N)(c2ccc(Oc3ccnc4[nH]cc(Cl)c34)c(F)c2)C=CN1. The summed E-state index contributed by atoms with van der Waals surface area (Å²) in [5.74, 6) is -0.0296. The van der Waals surface area contributed by atoms with Crippen molar-refractivity contribution in [3.8, 4) is 11.5 Å². The molecule has 4 rings (SSSR count). The smallest absolute Gasteiger partial charge is 0.195 e. The van der Waals surface area contributed by atoms with Gasteiger partial charge in [0.05, 0.1) is 10.4 Å². The van der Waals surface area contributed by atoms with E-state index in [2.05, 4.69) is 20.3 Å². The van der Waals surface area contributed by atoms with Crippen molar-refractivity contribution in [2.45, 2.75) is 5.66 Å². The Morgan fingerprint density at radius 3 is 2.85 bits per heavy atom. The number of guanidine groups is 1. The molecule has 132 valence electrons. The Kier molecular flexibility index (Phi) is 3.78. The first kappa shape index (κ1) is 16.4. The fourth-order valence-corrected chi connectivity index (χ4v) is 2.95. The number of nitrogens with zero attached hydrogens (tertiary/aromatic N) is 2. The monoisotopic (exact) mass is 372 g/mol. The topological polar surface area (TPSA) is 114 Å². The molecule has 1 unspecified atom stereocenters. The van der Waals surface area contributed by atoms with Gasteiger partial charge in [0.2, 0.25) is 0 Å². The number of benzene rings is 1. The van der Waals surface area contributed by atoms with E-state index in [1.54, 1.807) is 36.8 Å². The van der Waals surface area contributed by atoms with Crippen LogP contribution >= 0.6 is 11.6 Å². The largest absolute Gasteiger partial charge is 0.453 e. The Labute approximate surface area is 152 Å². The molecule has 1 aliphatic heterocycles. The van der Waals surface area contributed by atoms with Crippen LogP contribution in [0.2, 0.25) is 5.02 Å². The molecule has 0 aliphatic carbocycles. The van der Waals surface area contributed by atoms with Crippen molar-refractivity contribution in [3.05, 3.63) is 65.3 Å². The van der Waals surface area contributed by atoms with Crippen LogP contribution < -0.4 is 21.5 Å². The second-order valence-electron chi connectivity index (χ2n) is 5.72. The maximum absolute atomic E-state index is 14.6. The molecule has 0 radical (unpaired) electrons. The highest BCUT2D eigenvalue weighted by Crippen LogP contribution is 2.35. The van der Waals surface area contributed by atoms with Gasteiger partial charge in [0.25, 0.3) is 0 Å². The summed E-state index contributed by atoms with van der Waals surface area (Å²) in [7, 11) is 0. The highest BCUT2D eigenvalue weighted by molar-refractivity contribution is 6.36. The molecule has 0 fully saturated rings. The number of halogens is 2. The van der Waals surface area contributed by atoms with Crippen LogP contribution in [-0.2, 0) is 5.66 Å².